The minimum absolute atomic E-state index is 0.257. The third-order valence-electron chi connectivity index (χ3n) is 4.26. The second-order valence-corrected chi connectivity index (χ2v) is 6.18. The standard InChI is InChI=1S/C22H28O3/c1-3-4-5-6-7-10-16-25-22(23)21-15-9-8-14-20(21)18-12-11-13-19(17-18)24-2/h8-9,11-15,17H,3-7,10,16H2,1-2H3. The van der Waals surface area contributed by atoms with Gasteiger partial charge >= 0.3 is 5.97 Å². The van der Waals surface area contributed by atoms with Gasteiger partial charge in [-0.1, -0.05) is 69.4 Å². The van der Waals surface area contributed by atoms with Crippen LogP contribution in [0.15, 0.2) is 48.5 Å². The van der Waals surface area contributed by atoms with E-state index in [2.05, 4.69) is 6.92 Å². The predicted octanol–water partition coefficient (Wildman–Crippen LogP) is 5.88. The van der Waals surface area contributed by atoms with Crippen molar-refractivity contribution in [3.63, 3.8) is 0 Å². The number of esters is 1. The van der Waals surface area contributed by atoms with Crippen molar-refractivity contribution in [1.82, 2.24) is 0 Å². The van der Waals surface area contributed by atoms with Gasteiger partial charge in [-0.05, 0) is 35.7 Å². The van der Waals surface area contributed by atoms with E-state index in [4.69, 9.17) is 9.47 Å². The van der Waals surface area contributed by atoms with E-state index >= 15 is 0 Å². The van der Waals surface area contributed by atoms with Gasteiger partial charge in [-0.25, -0.2) is 4.79 Å². The van der Waals surface area contributed by atoms with Crippen LogP contribution in [0.3, 0.4) is 0 Å². The molecule has 0 unspecified atom stereocenters. The van der Waals surface area contributed by atoms with Gasteiger partial charge in [0.2, 0.25) is 0 Å². The highest BCUT2D eigenvalue weighted by Gasteiger charge is 2.14. The molecule has 0 N–H and O–H groups in total. The maximum Gasteiger partial charge on any atom is 0.338 e. The molecule has 2 rings (SSSR count). The first-order valence-electron chi connectivity index (χ1n) is 9.17. The first kappa shape index (κ1) is 19.0. The molecule has 0 aliphatic rings. The summed E-state index contributed by atoms with van der Waals surface area (Å²) in [6.07, 6.45) is 7.06. The molecular formula is C22H28O3. The van der Waals surface area contributed by atoms with Crippen molar-refractivity contribution in [2.24, 2.45) is 0 Å². The number of rotatable bonds is 10. The van der Waals surface area contributed by atoms with Gasteiger partial charge < -0.3 is 9.47 Å². The van der Waals surface area contributed by atoms with Gasteiger partial charge in [-0.15, -0.1) is 0 Å². The highest BCUT2D eigenvalue weighted by Crippen LogP contribution is 2.27. The normalized spacial score (nSPS) is 10.5. The summed E-state index contributed by atoms with van der Waals surface area (Å²) in [7, 11) is 1.64. The Labute approximate surface area is 151 Å². The van der Waals surface area contributed by atoms with E-state index in [0.29, 0.717) is 12.2 Å². The highest BCUT2D eigenvalue weighted by molar-refractivity contribution is 5.97. The Kier molecular flexibility index (Phi) is 8.03. The van der Waals surface area contributed by atoms with Crippen LogP contribution < -0.4 is 4.74 Å². The van der Waals surface area contributed by atoms with E-state index in [-0.39, 0.29) is 5.97 Å². The lowest BCUT2D eigenvalue weighted by Crippen LogP contribution is -2.08. The van der Waals surface area contributed by atoms with Crippen molar-refractivity contribution < 1.29 is 14.3 Å². The zero-order valence-corrected chi connectivity index (χ0v) is 15.3. The van der Waals surface area contributed by atoms with E-state index in [9.17, 15) is 4.79 Å². The van der Waals surface area contributed by atoms with E-state index in [1.54, 1.807) is 7.11 Å². The van der Waals surface area contributed by atoms with Gasteiger partial charge in [0.1, 0.15) is 5.75 Å². The summed E-state index contributed by atoms with van der Waals surface area (Å²) in [6.45, 7) is 2.69. The third-order valence-corrected chi connectivity index (χ3v) is 4.26. The molecule has 0 heterocycles. The first-order valence-corrected chi connectivity index (χ1v) is 9.17. The fourth-order valence-corrected chi connectivity index (χ4v) is 2.83. The number of methoxy groups -OCH3 is 1. The first-order chi connectivity index (χ1) is 12.3. The molecule has 3 heteroatoms. The number of carbonyl (C=O) groups is 1. The van der Waals surface area contributed by atoms with Crippen molar-refractivity contribution in [2.45, 2.75) is 45.4 Å². The topological polar surface area (TPSA) is 35.5 Å². The molecule has 0 atom stereocenters. The second-order valence-electron chi connectivity index (χ2n) is 6.18. The van der Waals surface area contributed by atoms with Gasteiger partial charge in [0.15, 0.2) is 0 Å². The molecule has 0 aliphatic carbocycles. The van der Waals surface area contributed by atoms with Crippen molar-refractivity contribution >= 4 is 5.97 Å². The van der Waals surface area contributed by atoms with Crippen LogP contribution in [0.4, 0.5) is 0 Å². The fourth-order valence-electron chi connectivity index (χ4n) is 2.83. The average molecular weight is 340 g/mol. The number of benzene rings is 2. The molecule has 0 saturated carbocycles. The molecule has 0 fully saturated rings. The maximum atomic E-state index is 12.5. The summed E-state index contributed by atoms with van der Waals surface area (Å²) in [4.78, 5) is 12.5. The Balaban J connectivity index is 1.96. The SMILES string of the molecule is CCCCCCCCOC(=O)c1ccccc1-c1cccc(OC)c1. The number of unbranched alkanes of at least 4 members (excludes halogenated alkanes) is 5. The lowest BCUT2D eigenvalue weighted by atomic mass is 9.99. The van der Waals surface area contributed by atoms with Gasteiger partial charge in [0, 0.05) is 0 Å². The van der Waals surface area contributed by atoms with Crippen LogP contribution in [0.1, 0.15) is 55.8 Å². The number of ether oxygens (including phenoxy) is 2. The summed E-state index contributed by atoms with van der Waals surface area (Å²) < 4.78 is 10.8. The zero-order valence-electron chi connectivity index (χ0n) is 15.3. The Morgan fingerprint density at radius 1 is 0.920 bits per heavy atom. The van der Waals surface area contributed by atoms with Crippen LogP contribution in [0.25, 0.3) is 11.1 Å². The molecular weight excluding hydrogens is 312 g/mol. The third kappa shape index (κ3) is 5.93. The molecule has 0 saturated heterocycles. The van der Waals surface area contributed by atoms with E-state index in [1.165, 1.54) is 25.7 Å². The molecule has 0 aromatic heterocycles. The lowest BCUT2D eigenvalue weighted by Gasteiger charge is -2.11. The van der Waals surface area contributed by atoms with Crippen molar-refractivity contribution in [1.29, 1.82) is 0 Å². The largest absolute Gasteiger partial charge is 0.497 e. The number of hydrogen-bond donors (Lipinski definition) is 0. The molecule has 0 amide bonds. The van der Waals surface area contributed by atoms with E-state index in [1.807, 2.05) is 48.5 Å². The predicted molar refractivity (Wildman–Crippen MR) is 102 cm³/mol. The zero-order chi connectivity index (χ0) is 17.9. The van der Waals surface area contributed by atoms with Crippen LogP contribution in [-0.4, -0.2) is 19.7 Å². The quantitative estimate of drug-likeness (QED) is 0.400. The number of hydrogen-bond acceptors (Lipinski definition) is 3. The van der Waals surface area contributed by atoms with Crippen molar-refractivity contribution in [3.05, 3.63) is 54.1 Å². The summed E-state index contributed by atoms with van der Waals surface area (Å²) in [5.74, 6) is 0.514. The molecule has 0 bridgehead atoms. The minimum Gasteiger partial charge on any atom is -0.497 e. The van der Waals surface area contributed by atoms with Crippen molar-refractivity contribution in [3.8, 4) is 16.9 Å². The summed E-state index contributed by atoms with van der Waals surface area (Å²) in [5.41, 5.74) is 2.42. The van der Waals surface area contributed by atoms with Crippen LogP contribution in [0, 0.1) is 0 Å². The lowest BCUT2D eigenvalue weighted by molar-refractivity contribution is 0.0498. The Morgan fingerprint density at radius 3 is 2.48 bits per heavy atom. The average Bonchev–Trinajstić information content (AvgIpc) is 2.67. The second kappa shape index (κ2) is 10.5. The van der Waals surface area contributed by atoms with Crippen LogP contribution in [0.2, 0.25) is 0 Å². The molecule has 2 aromatic rings. The number of carbonyl (C=O) groups excluding carboxylic acids is 1. The summed E-state index contributed by atoms with van der Waals surface area (Å²) in [6, 6.07) is 15.3. The van der Waals surface area contributed by atoms with Gasteiger partial charge in [0.05, 0.1) is 19.3 Å². The Bertz CT molecular complexity index is 664. The molecule has 134 valence electrons. The molecule has 3 nitrogen and oxygen atoms in total. The maximum absolute atomic E-state index is 12.5. The molecule has 0 radical (unpaired) electrons. The molecule has 25 heavy (non-hydrogen) atoms. The van der Waals surface area contributed by atoms with Crippen molar-refractivity contribution in [2.75, 3.05) is 13.7 Å². The van der Waals surface area contributed by atoms with E-state index < -0.39 is 0 Å². The summed E-state index contributed by atoms with van der Waals surface area (Å²) >= 11 is 0. The van der Waals surface area contributed by atoms with Gasteiger partial charge in [-0.3, -0.25) is 0 Å². The van der Waals surface area contributed by atoms with Crippen LogP contribution in [-0.2, 0) is 4.74 Å². The van der Waals surface area contributed by atoms with Crippen LogP contribution in [0.5, 0.6) is 5.75 Å². The fraction of sp³-hybridized carbons (Fsp3) is 0.409. The van der Waals surface area contributed by atoms with Gasteiger partial charge in [-0.2, -0.15) is 0 Å². The Morgan fingerprint density at radius 2 is 1.68 bits per heavy atom. The highest BCUT2D eigenvalue weighted by atomic mass is 16.5. The minimum atomic E-state index is -0.257. The molecule has 2 aromatic carbocycles. The van der Waals surface area contributed by atoms with E-state index in [0.717, 1.165) is 29.7 Å². The monoisotopic (exact) mass is 340 g/mol. The smallest absolute Gasteiger partial charge is 0.338 e. The molecule has 0 spiro atoms. The molecule has 0 aliphatic heterocycles. The van der Waals surface area contributed by atoms with Crippen LogP contribution >= 0.6 is 0 Å². The Hall–Kier alpha value is -2.29. The summed E-state index contributed by atoms with van der Waals surface area (Å²) in [5, 5.41) is 0. The van der Waals surface area contributed by atoms with Gasteiger partial charge in [0.25, 0.3) is 0 Å².